The molecule has 126 valence electrons. The molecule has 4 rings (SSSR count). The molecule has 1 atom stereocenters. The van der Waals surface area contributed by atoms with Crippen LogP contribution in [0.15, 0.2) is 60.7 Å². The molecule has 0 bridgehead atoms. The number of hydrogen-bond donors (Lipinski definition) is 0. The zero-order valence-electron chi connectivity index (χ0n) is 14.4. The van der Waals surface area contributed by atoms with E-state index < -0.39 is 13.7 Å². The predicted octanol–water partition coefficient (Wildman–Crippen LogP) is 4.41. The van der Waals surface area contributed by atoms with Gasteiger partial charge in [-0.15, -0.1) is 0 Å². The van der Waals surface area contributed by atoms with Crippen molar-refractivity contribution < 1.29 is 9.47 Å². The van der Waals surface area contributed by atoms with Crippen LogP contribution < -0.4 is 5.30 Å². The zero-order chi connectivity index (χ0) is 16.8. The average Bonchev–Trinajstić information content (AvgIpc) is 3.18. The van der Waals surface area contributed by atoms with Gasteiger partial charge in [-0.3, -0.25) is 0 Å². The second kappa shape index (κ2) is 5.84. The molecular formula is C20H24NO2P. The predicted molar refractivity (Wildman–Crippen MR) is 99.4 cm³/mol. The van der Waals surface area contributed by atoms with E-state index in [4.69, 9.17) is 9.47 Å². The number of ether oxygens (including phenoxy) is 2. The lowest BCUT2D eigenvalue weighted by Gasteiger charge is -2.48. The van der Waals surface area contributed by atoms with Crippen LogP contribution in [0, 0.1) is 0 Å². The fourth-order valence-electron chi connectivity index (χ4n) is 4.18. The van der Waals surface area contributed by atoms with Gasteiger partial charge in [0.2, 0.25) is 0 Å². The van der Waals surface area contributed by atoms with Crippen LogP contribution in [0.5, 0.6) is 0 Å². The van der Waals surface area contributed by atoms with Crippen molar-refractivity contribution in [3.8, 4) is 5.69 Å². The molecule has 1 aromatic carbocycles. The van der Waals surface area contributed by atoms with Gasteiger partial charge in [-0.05, 0) is 36.6 Å². The highest BCUT2D eigenvalue weighted by Crippen LogP contribution is 2.65. The SMILES string of the molecule is C=C1CC2(CC(C)(C)P1c1ccccc1-n1cccc1)OCCO2. The van der Waals surface area contributed by atoms with E-state index in [1.807, 2.05) is 0 Å². The van der Waals surface area contributed by atoms with E-state index in [-0.39, 0.29) is 5.16 Å². The molecule has 2 aromatic rings. The number of rotatable bonds is 2. The molecule has 1 spiro atoms. The van der Waals surface area contributed by atoms with E-state index >= 15 is 0 Å². The first kappa shape index (κ1) is 16.1. The van der Waals surface area contributed by atoms with Crippen LogP contribution in [-0.2, 0) is 9.47 Å². The Hall–Kier alpha value is -1.41. The summed E-state index contributed by atoms with van der Waals surface area (Å²) in [5.74, 6) is -0.443. The summed E-state index contributed by atoms with van der Waals surface area (Å²) in [6, 6.07) is 12.9. The Morgan fingerprint density at radius 1 is 1.04 bits per heavy atom. The van der Waals surface area contributed by atoms with E-state index in [0.717, 1.165) is 12.8 Å². The number of aromatic nitrogens is 1. The van der Waals surface area contributed by atoms with Crippen LogP contribution in [0.3, 0.4) is 0 Å². The van der Waals surface area contributed by atoms with E-state index in [9.17, 15) is 0 Å². The van der Waals surface area contributed by atoms with Gasteiger partial charge in [0, 0.05) is 30.5 Å². The number of nitrogens with zero attached hydrogens (tertiary/aromatic N) is 1. The zero-order valence-corrected chi connectivity index (χ0v) is 15.3. The van der Waals surface area contributed by atoms with Crippen LogP contribution in [0.4, 0.5) is 0 Å². The van der Waals surface area contributed by atoms with Gasteiger partial charge in [-0.25, -0.2) is 0 Å². The lowest BCUT2D eigenvalue weighted by molar-refractivity contribution is -0.165. The number of para-hydroxylation sites is 1. The molecule has 24 heavy (non-hydrogen) atoms. The van der Waals surface area contributed by atoms with E-state index in [2.05, 4.69) is 73.8 Å². The first-order chi connectivity index (χ1) is 11.5. The van der Waals surface area contributed by atoms with Gasteiger partial charge < -0.3 is 14.0 Å². The molecular weight excluding hydrogens is 317 g/mol. The largest absolute Gasteiger partial charge is 0.347 e. The smallest absolute Gasteiger partial charge is 0.173 e. The molecule has 2 saturated heterocycles. The third-order valence-corrected chi connectivity index (χ3v) is 7.94. The molecule has 0 N–H and O–H groups in total. The third kappa shape index (κ3) is 2.65. The third-order valence-electron chi connectivity index (χ3n) is 4.92. The topological polar surface area (TPSA) is 23.4 Å². The fraction of sp³-hybridized carbons (Fsp3) is 0.400. The molecule has 2 aliphatic rings. The molecule has 2 fully saturated rings. The molecule has 0 amide bonds. The van der Waals surface area contributed by atoms with E-state index in [1.165, 1.54) is 16.3 Å². The lowest BCUT2D eigenvalue weighted by Crippen LogP contribution is -2.44. The van der Waals surface area contributed by atoms with Crippen LogP contribution in [0.25, 0.3) is 5.69 Å². The van der Waals surface area contributed by atoms with Crippen molar-refractivity contribution in [2.45, 2.75) is 37.6 Å². The van der Waals surface area contributed by atoms with Gasteiger partial charge >= 0.3 is 0 Å². The minimum atomic E-state index is -0.514. The molecule has 3 nitrogen and oxygen atoms in total. The maximum atomic E-state index is 6.00. The fourth-order valence-corrected chi connectivity index (χ4v) is 7.48. The quantitative estimate of drug-likeness (QED) is 0.755. The van der Waals surface area contributed by atoms with Crippen molar-refractivity contribution in [3.05, 3.63) is 60.7 Å². The average molecular weight is 341 g/mol. The van der Waals surface area contributed by atoms with Crippen LogP contribution in [-0.4, -0.2) is 28.7 Å². The van der Waals surface area contributed by atoms with Crippen molar-refractivity contribution >= 4 is 13.2 Å². The van der Waals surface area contributed by atoms with Crippen molar-refractivity contribution in [3.63, 3.8) is 0 Å². The number of hydrogen-bond acceptors (Lipinski definition) is 2. The Kier molecular flexibility index (Phi) is 3.91. The summed E-state index contributed by atoms with van der Waals surface area (Å²) in [5, 5.41) is 2.74. The van der Waals surface area contributed by atoms with Crippen LogP contribution in [0.1, 0.15) is 26.7 Å². The normalized spacial score (nSPS) is 25.2. The van der Waals surface area contributed by atoms with Gasteiger partial charge in [0.25, 0.3) is 0 Å². The summed E-state index contributed by atoms with van der Waals surface area (Å²) in [5.41, 5.74) is 1.26. The highest BCUT2D eigenvalue weighted by Gasteiger charge is 2.51. The van der Waals surface area contributed by atoms with Gasteiger partial charge in [-0.2, -0.15) is 0 Å². The molecule has 2 aliphatic heterocycles. The molecule has 0 saturated carbocycles. The van der Waals surface area contributed by atoms with E-state index in [1.54, 1.807) is 0 Å². The molecule has 3 heterocycles. The summed E-state index contributed by atoms with van der Waals surface area (Å²) in [4.78, 5) is 0. The second-order valence-corrected chi connectivity index (χ2v) is 10.2. The Balaban J connectivity index is 1.76. The van der Waals surface area contributed by atoms with Crippen molar-refractivity contribution in [2.75, 3.05) is 13.2 Å². The highest BCUT2D eigenvalue weighted by atomic mass is 31.1. The van der Waals surface area contributed by atoms with Gasteiger partial charge in [0.1, 0.15) is 0 Å². The summed E-state index contributed by atoms with van der Waals surface area (Å²) < 4.78 is 14.2. The molecule has 1 unspecified atom stereocenters. The molecule has 4 heteroatoms. The summed E-state index contributed by atoms with van der Waals surface area (Å²) in [6.45, 7) is 10.5. The Morgan fingerprint density at radius 3 is 2.38 bits per heavy atom. The lowest BCUT2D eigenvalue weighted by atomic mass is 9.98. The first-order valence-corrected chi connectivity index (χ1v) is 9.83. The first-order valence-electron chi connectivity index (χ1n) is 8.49. The summed E-state index contributed by atoms with van der Waals surface area (Å²) >= 11 is 0. The molecule has 1 aromatic heterocycles. The number of benzene rings is 1. The Morgan fingerprint density at radius 2 is 1.71 bits per heavy atom. The van der Waals surface area contributed by atoms with Crippen molar-refractivity contribution in [2.24, 2.45) is 0 Å². The molecule has 0 aliphatic carbocycles. The standard InChI is InChI=1S/C20H24NO2P/c1-16-14-20(22-12-13-23-20)15-19(2,3)24(16)18-9-5-4-8-17(18)21-10-6-7-11-21/h4-11H,1,12-15H2,2-3H3. The monoisotopic (exact) mass is 341 g/mol. The minimum absolute atomic E-state index is 0.0816. The summed E-state index contributed by atoms with van der Waals surface area (Å²) in [7, 11) is -0.514. The van der Waals surface area contributed by atoms with Crippen molar-refractivity contribution in [1.29, 1.82) is 0 Å². The van der Waals surface area contributed by atoms with Gasteiger partial charge in [-0.1, -0.05) is 38.6 Å². The second-order valence-electron chi connectivity index (χ2n) is 7.25. The van der Waals surface area contributed by atoms with Crippen LogP contribution >= 0.6 is 7.92 Å². The molecule has 0 radical (unpaired) electrons. The highest BCUT2D eigenvalue weighted by molar-refractivity contribution is 7.71. The van der Waals surface area contributed by atoms with Crippen LogP contribution in [0.2, 0.25) is 0 Å². The Bertz CT molecular complexity index is 745. The van der Waals surface area contributed by atoms with Crippen molar-refractivity contribution in [1.82, 2.24) is 4.57 Å². The van der Waals surface area contributed by atoms with E-state index in [0.29, 0.717) is 13.2 Å². The maximum Gasteiger partial charge on any atom is 0.173 e. The minimum Gasteiger partial charge on any atom is -0.347 e. The summed E-state index contributed by atoms with van der Waals surface area (Å²) in [6.07, 6.45) is 5.95. The van der Waals surface area contributed by atoms with Gasteiger partial charge in [0.05, 0.1) is 18.9 Å². The maximum absolute atomic E-state index is 6.00. The van der Waals surface area contributed by atoms with Gasteiger partial charge in [0.15, 0.2) is 5.79 Å². The Labute approximate surface area is 145 Å².